The smallest absolute Gasteiger partial charge is 0.245 e. The Morgan fingerprint density at radius 1 is 1.23 bits per heavy atom. The number of hydrogen-bond acceptors (Lipinski definition) is 7. The van der Waals surface area contributed by atoms with Crippen LogP contribution >= 0.6 is 0 Å². The van der Waals surface area contributed by atoms with Crippen LogP contribution in [0.25, 0.3) is 0 Å². The number of amides is 1. The van der Waals surface area contributed by atoms with Crippen molar-refractivity contribution in [2.75, 3.05) is 38.7 Å². The summed E-state index contributed by atoms with van der Waals surface area (Å²) in [6.45, 7) is 2.09. The fraction of sp³-hybridized carbons (Fsp3) is 0.588. The average molecular weight is 382 g/mol. The second-order valence-electron chi connectivity index (χ2n) is 7.04. The summed E-state index contributed by atoms with van der Waals surface area (Å²) >= 11 is 0. The summed E-state index contributed by atoms with van der Waals surface area (Å²) in [4.78, 5) is 13.6. The third-order valence-corrected chi connectivity index (χ3v) is 7.52. The highest BCUT2D eigenvalue weighted by molar-refractivity contribution is 7.92. The highest BCUT2D eigenvalue weighted by Crippen LogP contribution is 2.36. The normalized spacial score (nSPS) is 29.3. The Morgan fingerprint density at radius 3 is 2.77 bits per heavy atom. The van der Waals surface area contributed by atoms with Gasteiger partial charge in [0.1, 0.15) is 19.8 Å². The van der Waals surface area contributed by atoms with Crippen LogP contribution in [-0.2, 0) is 21.2 Å². The lowest BCUT2D eigenvalue weighted by Crippen LogP contribution is -2.43. The van der Waals surface area contributed by atoms with Crippen LogP contribution in [-0.4, -0.2) is 74.3 Å². The monoisotopic (exact) mass is 382 g/mol. The van der Waals surface area contributed by atoms with E-state index >= 15 is 0 Å². The van der Waals surface area contributed by atoms with Gasteiger partial charge < -0.3 is 19.9 Å². The first-order valence-electron chi connectivity index (χ1n) is 8.69. The van der Waals surface area contributed by atoms with Gasteiger partial charge in [-0.05, 0) is 17.7 Å². The summed E-state index contributed by atoms with van der Waals surface area (Å²) in [6, 6.07) is 5.33. The molecule has 3 aliphatic rings. The highest BCUT2D eigenvalue weighted by atomic mass is 32.2. The van der Waals surface area contributed by atoms with Crippen molar-refractivity contribution in [3.63, 3.8) is 0 Å². The summed E-state index contributed by atoms with van der Waals surface area (Å²) in [5.41, 5.74) is 1.03. The number of aliphatic hydroxyl groups excluding tert-OH is 1. The van der Waals surface area contributed by atoms with Crippen LogP contribution < -0.4 is 14.8 Å². The number of sulfone groups is 1. The molecule has 0 radical (unpaired) electrons. The number of carbonyl (C=O) groups excluding carboxylic acids is 1. The Balaban J connectivity index is 1.46. The van der Waals surface area contributed by atoms with Crippen molar-refractivity contribution in [2.45, 2.75) is 17.8 Å². The van der Waals surface area contributed by atoms with E-state index in [2.05, 4.69) is 10.2 Å². The Morgan fingerprint density at radius 2 is 2.00 bits per heavy atom. The number of benzene rings is 1. The molecule has 0 aliphatic carbocycles. The Hall–Kier alpha value is -1.84. The first-order chi connectivity index (χ1) is 12.5. The van der Waals surface area contributed by atoms with Crippen LogP contribution in [0.3, 0.4) is 0 Å². The molecule has 3 atom stereocenters. The number of rotatable bonds is 4. The molecule has 26 heavy (non-hydrogen) atoms. The van der Waals surface area contributed by atoms with Crippen LogP contribution in [0.5, 0.6) is 11.5 Å². The van der Waals surface area contributed by atoms with E-state index < -0.39 is 33.6 Å². The van der Waals surface area contributed by atoms with Gasteiger partial charge >= 0.3 is 0 Å². The number of carbonyl (C=O) groups is 1. The molecule has 2 saturated heterocycles. The van der Waals surface area contributed by atoms with Gasteiger partial charge in [0.05, 0.1) is 11.0 Å². The van der Waals surface area contributed by atoms with Crippen molar-refractivity contribution < 1.29 is 27.8 Å². The SMILES string of the molecule is O=C(CO)N[C@@H]1CS(=O)(=O)[C@H]2CN(Cc3ccc4c(c3)OCCO4)C[C@@H]12. The minimum atomic E-state index is -3.25. The Bertz CT molecular complexity index is 811. The number of nitrogens with one attached hydrogen (secondary N) is 1. The largest absolute Gasteiger partial charge is 0.486 e. The number of fused-ring (bicyclic) bond motifs is 2. The van der Waals surface area contributed by atoms with Crippen molar-refractivity contribution in [1.82, 2.24) is 10.2 Å². The fourth-order valence-electron chi connectivity index (χ4n) is 4.12. The molecule has 4 rings (SSSR count). The molecular weight excluding hydrogens is 360 g/mol. The quantitative estimate of drug-likeness (QED) is 0.700. The molecule has 1 aromatic carbocycles. The van der Waals surface area contributed by atoms with E-state index in [9.17, 15) is 13.2 Å². The molecule has 1 amide bonds. The molecule has 2 N–H and O–H groups in total. The maximum atomic E-state index is 12.4. The first-order valence-corrected chi connectivity index (χ1v) is 10.4. The molecule has 9 heteroatoms. The minimum Gasteiger partial charge on any atom is -0.486 e. The third kappa shape index (κ3) is 3.26. The molecule has 0 unspecified atom stereocenters. The molecule has 8 nitrogen and oxygen atoms in total. The van der Waals surface area contributed by atoms with E-state index in [1.54, 1.807) is 0 Å². The summed E-state index contributed by atoms with van der Waals surface area (Å²) in [6.07, 6.45) is 0. The van der Waals surface area contributed by atoms with Crippen molar-refractivity contribution >= 4 is 15.7 Å². The molecule has 0 saturated carbocycles. The first kappa shape index (κ1) is 17.6. The van der Waals surface area contributed by atoms with Gasteiger partial charge in [0.15, 0.2) is 21.3 Å². The van der Waals surface area contributed by atoms with E-state index in [1.807, 2.05) is 18.2 Å². The van der Waals surface area contributed by atoms with Gasteiger partial charge in [-0.2, -0.15) is 0 Å². The zero-order valence-electron chi connectivity index (χ0n) is 14.3. The van der Waals surface area contributed by atoms with Crippen LogP contribution in [0.4, 0.5) is 0 Å². The lowest BCUT2D eigenvalue weighted by Gasteiger charge is -2.22. The summed E-state index contributed by atoms with van der Waals surface area (Å²) in [7, 11) is -3.25. The van der Waals surface area contributed by atoms with E-state index in [-0.39, 0.29) is 11.7 Å². The zero-order chi connectivity index (χ0) is 18.3. The van der Waals surface area contributed by atoms with Crippen LogP contribution in [0.2, 0.25) is 0 Å². The molecule has 1 aromatic rings. The second-order valence-corrected chi connectivity index (χ2v) is 9.30. The molecule has 0 aromatic heterocycles. The van der Waals surface area contributed by atoms with Gasteiger partial charge in [0, 0.05) is 31.6 Å². The van der Waals surface area contributed by atoms with Crippen LogP contribution in [0, 0.1) is 5.92 Å². The van der Waals surface area contributed by atoms with Gasteiger partial charge in [0.25, 0.3) is 0 Å². The van der Waals surface area contributed by atoms with Gasteiger partial charge in [-0.15, -0.1) is 0 Å². The van der Waals surface area contributed by atoms with Crippen molar-refractivity contribution in [3.05, 3.63) is 23.8 Å². The lowest BCUT2D eigenvalue weighted by molar-refractivity contribution is -0.124. The lowest BCUT2D eigenvalue weighted by atomic mass is 10.0. The van der Waals surface area contributed by atoms with E-state index in [4.69, 9.17) is 14.6 Å². The summed E-state index contributed by atoms with van der Waals surface area (Å²) in [5, 5.41) is 11.1. The van der Waals surface area contributed by atoms with Crippen molar-refractivity contribution in [1.29, 1.82) is 0 Å². The summed E-state index contributed by atoms with van der Waals surface area (Å²) < 4.78 is 36.0. The van der Waals surface area contributed by atoms with E-state index in [1.165, 1.54) is 0 Å². The molecule has 3 heterocycles. The molecule has 0 bridgehead atoms. The number of nitrogens with zero attached hydrogens (tertiary/aromatic N) is 1. The average Bonchev–Trinajstić information content (AvgIpc) is 3.14. The van der Waals surface area contributed by atoms with Gasteiger partial charge in [-0.25, -0.2) is 8.42 Å². The van der Waals surface area contributed by atoms with Gasteiger partial charge in [-0.3, -0.25) is 9.69 Å². The van der Waals surface area contributed by atoms with Crippen LogP contribution in [0.1, 0.15) is 5.56 Å². The maximum absolute atomic E-state index is 12.4. The molecule has 142 valence electrons. The Kier molecular flexibility index (Phi) is 4.54. The van der Waals surface area contributed by atoms with Crippen molar-refractivity contribution in [2.24, 2.45) is 5.92 Å². The van der Waals surface area contributed by atoms with Gasteiger partial charge in [-0.1, -0.05) is 6.07 Å². The van der Waals surface area contributed by atoms with E-state index in [0.717, 1.165) is 11.3 Å². The van der Waals surface area contributed by atoms with Crippen LogP contribution in [0.15, 0.2) is 18.2 Å². The third-order valence-electron chi connectivity index (χ3n) is 5.28. The topological polar surface area (TPSA) is 105 Å². The maximum Gasteiger partial charge on any atom is 0.245 e. The standard InChI is InChI=1S/C17H22N2O6S/c20-9-17(21)18-13-10-26(22,23)16-8-19(7-12(13)16)6-11-1-2-14-15(5-11)25-4-3-24-14/h1-2,5,12-13,16,20H,3-4,6-10H2,(H,18,21)/t12-,13+,16-/m0/s1. The second kappa shape index (κ2) is 6.71. The number of ether oxygens (including phenoxy) is 2. The predicted molar refractivity (Wildman–Crippen MR) is 92.8 cm³/mol. The number of hydrogen-bond donors (Lipinski definition) is 2. The molecule has 2 fully saturated rings. The number of likely N-dealkylation sites (tertiary alicyclic amines) is 1. The highest BCUT2D eigenvalue weighted by Gasteiger charge is 2.52. The summed E-state index contributed by atoms with van der Waals surface area (Å²) in [5.74, 6) is 0.719. The fourth-order valence-corrected chi connectivity index (χ4v) is 6.44. The predicted octanol–water partition coefficient (Wildman–Crippen LogP) is -0.836. The molecular formula is C17H22N2O6S. The minimum absolute atomic E-state index is 0.0497. The number of aliphatic hydroxyl groups is 1. The van der Waals surface area contributed by atoms with E-state index in [0.29, 0.717) is 38.6 Å². The van der Waals surface area contributed by atoms with Crippen molar-refractivity contribution in [3.8, 4) is 11.5 Å². The molecule has 0 spiro atoms. The van der Waals surface area contributed by atoms with Gasteiger partial charge in [0.2, 0.25) is 5.91 Å². The molecule has 3 aliphatic heterocycles. The zero-order valence-corrected chi connectivity index (χ0v) is 15.1. The Labute approximate surface area is 152 Å².